The van der Waals surface area contributed by atoms with Gasteiger partial charge in [0.15, 0.2) is 0 Å². The summed E-state index contributed by atoms with van der Waals surface area (Å²) in [6, 6.07) is 6.02. The van der Waals surface area contributed by atoms with Gasteiger partial charge in [-0.3, -0.25) is 0 Å². The Morgan fingerprint density at radius 2 is 2.05 bits per heavy atom. The normalized spacial score (nSPS) is 11.8. The first kappa shape index (κ1) is 15.5. The summed E-state index contributed by atoms with van der Waals surface area (Å²) in [5.74, 6) is 0. The summed E-state index contributed by atoms with van der Waals surface area (Å²) >= 11 is 0. The minimum absolute atomic E-state index is 0.0198. The van der Waals surface area contributed by atoms with Crippen LogP contribution in [-0.4, -0.2) is 25.3 Å². The highest BCUT2D eigenvalue weighted by atomic mass is 32.2. The smallest absolute Gasteiger partial charge is 0.244 e. The third kappa shape index (κ3) is 3.25. The molecule has 0 aromatic heterocycles. The molecule has 0 atom stereocenters. The van der Waals surface area contributed by atoms with Gasteiger partial charge in [-0.05, 0) is 38.5 Å². The van der Waals surface area contributed by atoms with Crippen LogP contribution in [0.25, 0.3) is 0 Å². The summed E-state index contributed by atoms with van der Waals surface area (Å²) in [6.07, 6.45) is 0.717. The van der Waals surface area contributed by atoms with Gasteiger partial charge in [-0.25, -0.2) is 8.42 Å². The number of sulfonamides is 1. The molecule has 0 aliphatic carbocycles. The number of hydrogen-bond acceptors (Lipinski definition) is 4. The summed E-state index contributed by atoms with van der Waals surface area (Å²) in [5, 5.41) is 9.07. The SMILES string of the molecule is CCCN(C(C)C)S(=O)(=O)c1ccc(N)cc1C#N. The van der Waals surface area contributed by atoms with E-state index >= 15 is 0 Å². The second kappa shape index (κ2) is 6.04. The maximum Gasteiger partial charge on any atom is 0.244 e. The van der Waals surface area contributed by atoms with E-state index in [4.69, 9.17) is 11.0 Å². The van der Waals surface area contributed by atoms with Crippen LogP contribution in [0.5, 0.6) is 0 Å². The average Bonchev–Trinajstić information content (AvgIpc) is 2.34. The van der Waals surface area contributed by atoms with E-state index in [0.29, 0.717) is 18.7 Å². The van der Waals surface area contributed by atoms with Crippen LogP contribution in [-0.2, 0) is 10.0 Å². The van der Waals surface area contributed by atoms with Crippen molar-refractivity contribution in [2.24, 2.45) is 0 Å². The fourth-order valence-electron chi connectivity index (χ4n) is 1.86. The van der Waals surface area contributed by atoms with E-state index in [2.05, 4.69) is 0 Å². The van der Waals surface area contributed by atoms with E-state index in [1.54, 1.807) is 0 Å². The highest BCUT2D eigenvalue weighted by Crippen LogP contribution is 2.23. The molecule has 0 amide bonds. The number of nitrogens with zero attached hydrogens (tertiary/aromatic N) is 2. The summed E-state index contributed by atoms with van der Waals surface area (Å²) in [6.45, 7) is 5.97. The van der Waals surface area contributed by atoms with Gasteiger partial charge in [-0.2, -0.15) is 9.57 Å². The molecule has 0 aliphatic heterocycles. The van der Waals surface area contributed by atoms with Gasteiger partial charge in [0, 0.05) is 18.3 Å². The number of nitriles is 1. The van der Waals surface area contributed by atoms with E-state index < -0.39 is 10.0 Å². The van der Waals surface area contributed by atoms with Crippen molar-refractivity contribution in [3.63, 3.8) is 0 Å². The molecule has 0 heterocycles. The lowest BCUT2D eigenvalue weighted by atomic mass is 10.2. The molecule has 0 saturated carbocycles. The molecule has 5 nitrogen and oxygen atoms in total. The number of anilines is 1. The van der Waals surface area contributed by atoms with Crippen LogP contribution in [0.2, 0.25) is 0 Å². The number of hydrogen-bond donors (Lipinski definition) is 1. The van der Waals surface area contributed by atoms with Crippen LogP contribution in [0, 0.1) is 11.3 Å². The van der Waals surface area contributed by atoms with Gasteiger partial charge in [-0.15, -0.1) is 0 Å². The summed E-state index contributed by atoms with van der Waals surface area (Å²) in [4.78, 5) is 0.0198. The maximum absolute atomic E-state index is 12.6. The average molecular weight is 281 g/mol. The van der Waals surface area contributed by atoms with E-state index in [-0.39, 0.29) is 16.5 Å². The number of rotatable bonds is 5. The quantitative estimate of drug-likeness (QED) is 0.836. The Morgan fingerprint density at radius 3 is 2.53 bits per heavy atom. The Bertz CT molecular complexity index is 588. The molecular weight excluding hydrogens is 262 g/mol. The molecule has 1 aromatic rings. The predicted molar refractivity (Wildman–Crippen MR) is 74.9 cm³/mol. The van der Waals surface area contributed by atoms with E-state index in [0.717, 1.165) is 0 Å². The molecular formula is C13H19N3O2S. The van der Waals surface area contributed by atoms with Gasteiger partial charge in [0.05, 0.1) is 5.56 Å². The van der Waals surface area contributed by atoms with E-state index in [1.165, 1.54) is 22.5 Å². The number of nitrogens with two attached hydrogens (primary N) is 1. The van der Waals surface area contributed by atoms with Crippen LogP contribution in [0.4, 0.5) is 5.69 Å². The number of benzene rings is 1. The lowest BCUT2D eigenvalue weighted by Crippen LogP contribution is -2.37. The lowest BCUT2D eigenvalue weighted by Gasteiger charge is -2.25. The minimum Gasteiger partial charge on any atom is -0.399 e. The molecule has 19 heavy (non-hydrogen) atoms. The lowest BCUT2D eigenvalue weighted by molar-refractivity contribution is 0.354. The summed E-state index contributed by atoms with van der Waals surface area (Å²) in [7, 11) is -3.67. The maximum atomic E-state index is 12.6. The molecule has 6 heteroatoms. The Labute approximate surface area is 114 Å². The van der Waals surface area contributed by atoms with Gasteiger partial charge < -0.3 is 5.73 Å². The fraction of sp³-hybridized carbons (Fsp3) is 0.462. The monoisotopic (exact) mass is 281 g/mol. The molecule has 104 valence electrons. The third-order valence-corrected chi connectivity index (χ3v) is 4.86. The van der Waals surface area contributed by atoms with Gasteiger partial charge >= 0.3 is 0 Å². The summed E-state index contributed by atoms with van der Waals surface area (Å²) < 4.78 is 26.6. The van der Waals surface area contributed by atoms with Gasteiger partial charge in [0.25, 0.3) is 0 Å². The molecule has 0 bridgehead atoms. The second-order valence-corrected chi connectivity index (χ2v) is 6.44. The van der Waals surface area contributed by atoms with Crippen molar-refractivity contribution in [3.05, 3.63) is 23.8 Å². The standard InChI is InChI=1S/C13H19N3O2S/c1-4-7-16(10(2)3)19(17,18)13-6-5-12(15)8-11(13)9-14/h5-6,8,10H,4,7,15H2,1-3H3. The van der Waals surface area contributed by atoms with Gasteiger partial charge in [0.1, 0.15) is 11.0 Å². The van der Waals surface area contributed by atoms with Crippen LogP contribution < -0.4 is 5.73 Å². The Morgan fingerprint density at radius 1 is 1.42 bits per heavy atom. The van der Waals surface area contributed by atoms with Crippen molar-refractivity contribution in [3.8, 4) is 6.07 Å². The van der Waals surface area contributed by atoms with Crippen LogP contribution in [0.15, 0.2) is 23.1 Å². The van der Waals surface area contributed by atoms with Crippen molar-refractivity contribution in [2.45, 2.75) is 38.1 Å². The predicted octanol–water partition coefficient (Wildman–Crippen LogP) is 1.95. The zero-order valence-electron chi connectivity index (χ0n) is 11.4. The molecule has 0 aliphatic rings. The van der Waals surface area contributed by atoms with Gasteiger partial charge in [0.2, 0.25) is 10.0 Å². The second-order valence-electron chi connectivity index (χ2n) is 4.58. The Balaban J connectivity index is 3.38. The van der Waals surface area contributed by atoms with Crippen molar-refractivity contribution in [2.75, 3.05) is 12.3 Å². The molecule has 0 saturated heterocycles. The molecule has 0 radical (unpaired) electrons. The fourth-order valence-corrected chi connectivity index (χ4v) is 3.72. The molecule has 0 spiro atoms. The number of nitrogen functional groups attached to an aromatic ring is 1. The van der Waals surface area contributed by atoms with Crippen molar-refractivity contribution < 1.29 is 8.42 Å². The van der Waals surface area contributed by atoms with Crippen LogP contribution in [0.1, 0.15) is 32.8 Å². The molecule has 2 N–H and O–H groups in total. The van der Waals surface area contributed by atoms with Gasteiger partial charge in [-0.1, -0.05) is 6.92 Å². The van der Waals surface area contributed by atoms with Crippen LogP contribution >= 0.6 is 0 Å². The highest BCUT2D eigenvalue weighted by molar-refractivity contribution is 7.89. The minimum atomic E-state index is -3.67. The zero-order chi connectivity index (χ0) is 14.6. The van der Waals surface area contributed by atoms with Crippen molar-refractivity contribution in [1.82, 2.24) is 4.31 Å². The van der Waals surface area contributed by atoms with E-state index in [9.17, 15) is 8.42 Å². The van der Waals surface area contributed by atoms with Crippen LogP contribution in [0.3, 0.4) is 0 Å². The first-order chi connectivity index (χ1) is 8.84. The third-order valence-electron chi connectivity index (χ3n) is 2.73. The topological polar surface area (TPSA) is 87.2 Å². The summed E-state index contributed by atoms with van der Waals surface area (Å²) in [5.41, 5.74) is 6.04. The first-order valence-corrected chi connectivity index (χ1v) is 7.60. The molecule has 1 rings (SSSR count). The molecule has 0 fully saturated rings. The van der Waals surface area contributed by atoms with E-state index in [1.807, 2.05) is 26.8 Å². The van der Waals surface area contributed by atoms with Crippen molar-refractivity contribution >= 4 is 15.7 Å². The zero-order valence-corrected chi connectivity index (χ0v) is 12.2. The van der Waals surface area contributed by atoms with Crippen molar-refractivity contribution in [1.29, 1.82) is 5.26 Å². The Hall–Kier alpha value is -1.58. The molecule has 1 aromatic carbocycles. The highest BCUT2D eigenvalue weighted by Gasteiger charge is 2.28. The Kier molecular flexibility index (Phi) is 4.92. The largest absolute Gasteiger partial charge is 0.399 e. The molecule has 0 unspecified atom stereocenters. The first-order valence-electron chi connectivity index (χ1n) is 6.16.